The third kappa shape index (κ3) is 4.58. The molecule has 0 spiro atoms. The third-order valence-corrected chi connectivity index (χ3v) is 4.63. The quantitative estimate of drug-likeness (QED) is 0.767. The van der Waals surface area contributed by atoms with Crippen molar-refractivity contribution < 1.29 is 14.0 Å². The summed E-state index contributed by atoms with van der Waals surface area (Å²) in [6.07, 6.45) is 2.27. The Bertz CT molecular complexity index is 686. The summed E-state index contributed by atoms with van der Waals surface area (Å²) in [5.74, 6) is 2.72. The molecule has 6 heteroatoms. The van der Waals surface area contributed by atoms with Crippen molar-refractivity contribution in [1.29, 1.82) is 0 Å². The van der Waals surface area contributed by atoms with Crippen LogP contribution in [0.3, 0.4) is 0 Å². The number of aromatic nitrogens is 2. The average Bonchev–Trinajstić information content (AvgIpc) is 3.07. The predicted octanol–water partition coefficient (Wildman–Crippen LogP) is 3.30. The van der Waals surface area contributed by atoms with E-state index in [9.17, 15) is 0 Å². The Kier molecular flexibility index (Phi) is 6.04. The van der Waals surface area contributed by atoms with E-state index in [1.807, 2.05) is 19.9 Å². The monoisotopic (exact) mass is 345 g/mol. The molecule has 1 aliphatic heterocycles. The highest BCUT2D eigenvalue weighted by molar-refractivity contribution is 5.37. The third-order valence-electron chi connectivity index (χ3n) is 4.63. The molecule has 1 atom stereocenters. The van der Waals surface area contributed by atoms with Crippen LogP contribution < -0.4 is 4.74 Å². The molecule has 1 saturated heterocycles. The summed E-state index contributed by atoms with van der Waals surface area (Å²) in [6, 6.07) is 6.36. The van der Waals surface area contributed by atoms with Gasteiger partial charge in [-0.1, -0.05) is 11.2 Å². The lowest BCUT2D eigenvalue weighted by Crippen LogP contribution is -2.34. The van der Waals surface area contributed by atoms with Crippen molar-refractivity contribution in [3.63, 3.8) is 0 Å². The number of hydrogen-bond acceptors (Lipinski definition) is 6. The molecule has 6 nitrogen and oxygen atoms in total. The first-order chi connectivity index (χ1) is 12.2. The summed E-state index contributed by atoms with van der Waals surface area (Å²) >= 11 is 0. The summed E-state index contributed by atoms with van der Waals surface area (Å²) in [4.78, 5) is 6.87. The van der Waals surface area contributed by atoms with E-state index in [1.165, 1.54) is 5.56 Å². The van der Waals surface area contributed by atoms with E-state index in [1.54, 1.807) is 7.11 Å². The molecule has 0 unspecified atom stereocenters. The second kappa shape index (κ2) is 8.45. The number of likely N-dealkylation sites (tertiary alicyclic amines) is 1. The maximum atomic E-state index is 5.56. The van der Waals surface area contributed by atoms with Gasteiger partial charge in [-0.3, -0.25) is 4.90 Å². The Morgan fingerprint density at radius 1 is 1.36 bits per heavy atom. The molecule has 1 aliphatic rings. The van der Waals surface area contributed by atoms with E-state index < -0.39 is 0 Å². The molecule has 0 aliphatic carbocycles. The second-order valence-electron chi connectivity index (χ2n) is 6.53. The molecule has 2 heterocycles. The largest absolute Gasteiger partial charge is 0.496 e. The zero-order valence-electron chi connectivity index (χ0n) is 15.3. The normalized spacial score (nSPS) is 18.4. The molecule has 136 valence electrons. The van der Waals surface area contributed by atoms with Gasteiger partial charge in [-0.25, -0.2) is 0 Å². The minimum atomic E-state index is 0.354. The van der Waals surface area contributed by atoms with Gasteiger partial charge in [0.05, 0.1) is 13.7 Å². The van der Waals surface area contributed by atoms with Crippen LogP contribution in [0.25, 0.3) is 0 Å². The Morgan fingerprint density at radius 2 is 2.24 bits per heavy atom. The Labute approximate surface area is 149 Å². The number of ether oxygens (including phenoxy) is 2. The van der Waals surface area contributed by atoms with Crippen molar-refractivity contribution in [2.75, 3.05) is 26.8 Å². The van der Waals surface area contributed by atoms with Gasteiger partial charge in [0.1, 0.15) is 5.75 Å². The average molecular weight is 345 g/mol. The van der Waals surface area contributed by atoms with Gasteiger partial charge in [0.2, 0.25) is 5.89 Å². The number of benzene rings is 1. The summed E-state index contributed by atoms with van der Waals surface area (Å²) < 4.78 is 16.2. The second-order valence-corrected chi connectivity index (χ2v) is 6.53. The van der Waals surface area contributed by atoms with Crippen LogP contribution in [0.1, 0.15) is 48.5 Å². The summed E-state index contributed by atoms with van der Waals surface area (Å²) in [5.41, 5.74) is 2.38. The molecular weight excluding hydrogens is 318 g/mol. The van der Waals surface area contributed by atoms with Gasteiger partial charge in [-0.05, 0) is 44.0 Å². The molecule has 0 bridgehead atoms. The smallest absolute Gasteiger partial charge is 0.223 e. The maximum absolute atomic E-state index is 5.56. The van der Waals surface area contributed by atoms with Crippen molar-refractivity contribution in [2.45, 2.75) is 45.8 Å². The minimum absolute atomic E-state index is 0.354. The van der Waals surface area contributed by atoms with E-state index in [0.717, 1.165) is 49.6 Å². The SMILES string of the molecule is CCOCc1cc(CN2CCC[C@@H](c3noc(C)n3)C2)ccc1OC. The van der Waals surface area contributed by atoms with Crippen molar-refractivity contribution in [2.24, 2.45) is 0 Å². The molecule has 3 rings (SSSR count). The van der Waals surface area contributed by atoms with E-state index >= 15 is 0 Å². The maximum Gasteiger partial charge on any atom is 0.223 e. The minimum Gasteiger partial charge on any atom is -0.496 e. The first-order valence-corrected chi connectivity index (χ1v) is 8.95. The van der Waals surface area contributed by atoms with Crippen LogP contribution in [-0.2, 0) is 17.9 Å². The zero-order valence-corrected chi connectivity index (χ0v) is 15.3. The van der Waals surface area contributed by atoms with Crippen molar-refractivity contribution in [3.05, 3.63) is 41.0 Å². The number of nitrogens with zero attached hydrogens (tertiary/aromatic N) is 3. The fraction of sp³-hybridized carbons (Fsp3) is 0.579. The van der Waals surface area contributed by atoms with E-state index in [2.05, 4.69) is 27.2 Å². The van der Waals surface area contributed by atoms with Crippen molar-refractivity contribution >= 4 is 0 Å². The lowest BCUT2D eigenvalue weighted by molar-refractivity contribution is 0.131. The van der Waals surface area contributed by atoms with Gasteiger partial charge >= 0.3 is 0 Å². The standard InChI is InChI=1S/C19H27N3O3/c1-4-24-13-17-10-15(7-8-18(17)23-3)11-22-9-5-6-16(12-22)19-20-14(2)25-21-19/h7-8,10,16H,4-6,9,11-13H2,1-3H3/t16-/m1/s1. The zero-order chi connectivity index (χ0) is 17.6. The van der Waals surface area contributed by atoms with Gasteiger partial charge in [-0.15, -0.1) is 0 Å². The lowest BCUT2D eigenvalue weighted by atomic mass is 9.96. The van der Waals surface area contributed by atoms with Gasteiger partial charge in [-0.2, -0.15) is 4.98 Å². The fourth-order valence-corrected chi connectivity index (χ4v) is 3.40. The fourth-order valence-electron chi connectivity index (χ4n) is 3.40. The molecule has 25 heavy (non-hydrogen) atoms. The molecule has 1 aromatic carbocycles. The van der Waals surface area contributed by atoms with Crippen LogP contribution in [0.4, 0.5) is 0 Å². The highest BCUT2D eigenvalue weighted by Gasteiger charge is 2.25. The van der Waals surface area contributed by atoms with Crippen LogP contribution >= 0.6 is 0 Å². The van der Waals surface area contributed by atoms with Gasteiger partial charge in [0.25, 0.3) is 0 Å². The summed E-state index contributed by atoms with van der Waals surface area (Å²) in [5, 5.41) is 4.11. The van der Waals surface area contributed by atoms with Crippen LogP contribution in [-0.4, -0.2) is 41.8 Å². The van der Waals surface area contributed by atoms with Crippen LogP contribution in [0, 0.1) is 6.92 Å². The molecule has 0 N–H and O–H groups in total. The molecule has 1 fully saturated rings. The molecule has 2 aromatic rings. The number of aryl methyl sites for hydroxylation is 1. The van der Waals surface area contributed by atoms with Crippen molar-refractivity contribution in [1.82, 2.24) is 15.0 Å². The van der Waals surface area contributed by atoms with E-state index in [0.29, 0.717) is 25.0 Å². The number of hydrogen-bond donors (Lipinski definition) is 0. The van der Waals surface area contributed by atoms with E-state index in [4.69, 9.17) is 14.0 Å². The van der Waals surface area contributed by atoms with Gasteiger partial charge < -0.3 is 14.0 Å². The van der Waals surface area contributed by atoms with Crippen molar-refractivity contribution in [3.8, 4) is 5.75 Å². The highest BCUT2D eigenvalue weighted by atomic mass is 16.5. The first-order valence-electron chi connectivity index (χ1n) is 8.95. The number of piperidine rings is 1. The summed E-state index contributed by atoms with van der Waals surface area (Å²) in [6.45, 7) is 8.10. The highest BCUT2D eigenvalue weighted by Crippen LogP contribution is 2.27. The molecule has 1 aromatic heterocycles. The van der Waals surface area contributed by atoms with Crippen LogP contribution in [0.15, 0.2) is 22.7 Å². The predicted molar refractivity (Wildman–Crippen MR) is 94.6 cm³/mol. The Balaban J connectivity index is 1.66. The van der Waals surface area contributed by atoms with Gasteiger partial charge in [0, 0.05) is 38.1 Å². The number of rotatable bonds is 7. The first kappa shape index (κ1) is 17.9. The Morgan fingerprint density at radius 3 is 2.96 bits per heavy atom. The Hall–Kier alpha value is -1.92. The topological polar surface area (TPSA) is 60.6 Å². The molecule has 0 saturated carbocycles. The lowest BCUT2D eigenvalue weighted by Gasteiger charge is -2.31. The van der Waals surface area contributed by atoms with E-state index in [-0.39, 0.29) is 0 Å². The number of methoxy groups -OCH3 is 1. The molecular formula is C19H27N3O3. The van der Waals surface area contributed by atoms with Gasteiger partial charge in [0.15, 0.2) is 5.82 Å². The summed E-state index contributed by atoms with van der Waals surface area (Å²) in [7, 11) is 1.70. The molecule has 0 radical (unpaired) electrons. The van der Waals surface area contributed by atoms with Crippen LogP contribution in [0.2, 0.25) is 0 Å². The molecule has 0 amide bonds. The van der Waals surface area contributed by atoms with Crippen LogP contribution in [0.5, 0.6) is 5.75 Å².